The Morgan fingerprint density at radius 2 is 1.60 bits per heavy atom. The van der Waals surface area contributed by atoms with Crippen LogP contribution in [-0.4, -0.2) is 15.2 Å². The van der Waals surface area contributed by atoms with Crippen LogP contribution in [0.5, 0.6) is 0 Å². The third-order valence-corrected chi connectivity index (χ3v) is 4.62. The van der Waals surface area contributed by atoms with Gasteiger partial charge in [-0.05, 0) is 25.0 Å². The van der Waals surface area contributed by atoms with Gasteiger partial charge in [0.15, 0.2) is 0 Å². The predicted octanol–water partition coefficient (Wildman–Crippen LogP) is 6.04. The van der Waals surface area contributed by atoms with Crippen molar-refractivity contribution in [3.05, 3.63) is 60.3 Å². The summed E-state index contributed by atoms with van der Waals surface area (Å²) in [6, 6.07) is 16.5. The van der Waals surface area contributed by atoms with Crippen LogP contribution < -0.4 is 0 Å². The predicted molar refractivity (Wildman–Crippen MR) is 104 cm³/mol. The Morgan fingerprint density at radius 1 is 0.840 bits per heavy atom. The van der Waals surface area contributed by atoms with E-state index >= 15 is 0 Å². The Kier molecular flexibility index (Phi) is 6.38. The quantitative estimate of drug-likeness (QED) is 0.485. The van der Waals surface area contributed by atoms with Gasteiger partial charge in [-0.25, -0.2) is 0 Å². The lowest BCUT2D eigenvalue weighted by Gasteiger charge is -2.06. The molecule has 1 aromatic carbocycles. The molecule has 130 valence electrons. The molecule has 1 N–H and O–H groups in total. The van der Waals surface area contributed by atoms with Gasteiger partial charge in [0.2, 0.25) is 0 Å². The molecule has 0 amide bonds. The molecule has 0 saturated heterocycles. The molecule has 3 nitrogen and oxygen atoms in total. The number of unbranched alkanes of at least 4 members (excludes halogenated alkanes) is 5. The average Bonchev–Trinajstić information content (AvgIpc) is 3.10. The van der Waals surface area contributed by atoms with Crippen LogP contribution in [-0.2, 0) is 6.42 Å². The highest BCUT2D eigenvalue weighted by molar-refractivity contribution is 5.72. The van der Waals surface area contributed by atoms with Gasteiger partial charge in [-0.2, -0.15) is 5.10 Å². The van der Waals surface area contributed by atoms with Gasteiger partial charge in [-0.3, -0.25) is 10.1 Å². The molecular formula is C22H27N3. The summed E-state index contributed by atoms with van der Waals surface area (Å²) in [4.78, 5) is 4.51. The van der Waals surface area contributed by atoms with Crippen LogP contribution in [0.15, 0.2) is 54.7 Å². The van der Waals surface area contributed by atoms with Crippen molar-refractivity contribution in [3.63, 3.8) is 0 Å². The highest BCUT2D eigenvalue weighted by Gasteiger charge is 2.16. The Labute approximate surface area is 150 Å². The molecule has 0 atom stereocenters. The molecule has 3 heteroatoms. The van der Waals surface area contributed by atoms with E-state index in [0.717, 1.165) is 23.5 Å². The van der Waals surface area contributed by atoms with Crippen molar-refractivity contribution in [3.8, 4) is 22.6 Å². The molecule has 0 saturated carbocycles. The van der Waals surface area contributed by atoms with Gasteiger partial charge in [-0.1, -0.05) is 75.4 Å². The Balaban J connectivity index is 1.80. The highest BCUT2D eigenvalue weighted by atomic mass is 15.1. The van der Waals surface area contributed by atoms with E-state index in [-0.39, 0.29) is 0 Å². The second-order valence-electron chi connectivity index (χ2n) is 6.52. The minimum absolute atomic E-state index is 0.971. The van der Waals surface area contributed by atoms with E-state index in [0.29, 0.717) is 0 Å². The van der Waals surface area contributed by atoms with Crippen LogP contribution in [0, 0.1) is 0 Å². The largest absolute Gasteiger partial charge is 0.275 e. The zero-order chi connectivity index (χ0) is 17.3. The van der Waals surface area contributed by atoms with Crippen LogP contribution >= 0.6 is 0 Å². The Hall–Kier alpha value is -2.42. The zero-order valence-corrected chi connectivity index (χ0v) is 15.0. The zero-order valence-electron chi connectivity index (χ0n) is 15.0. The summed E-state index contributed by atoms with van der Waals surface area (Å²) in [6.45, 7) is 2.26. The standard InChI is InChI=1S/C22H27N3/c1-2-3-4-5-6-10-15-19-21(18-13-8-7-9-14-18)24-25-22(19)20-16-11-12-17-23-20/h7-9,11-14,16-17H,2-6,10,15H2,1H3,(H,24,25). The second-order valence-corrected chi connectivity index (χ2v) is 6.52. The summed E-state index contributed by atoms with van der Waals surface area (Å²) < 4.78 is 0. The van der Waals surface area contributed by atoms with Crippen molar-refractivity contribution in [2.75, 3.05) is 0 Å². The number of nitrogens with zero attached hydrogens (tertiary/aromatic N) is 2. The van der Waals surface area contributed by atoms with Gasteiger partial charge in [0.25, 0.3) is 0 Å². The second kappa shape index (κ2) is 9.16. The molecule has 0 aliphatic carbocycles. The lowest BCUT2D eigenvalue weighted by atomic mass is 9.98. The maximum absolute atomic E-state index is 4.63. The van der Waals surface area contributed by atoms with E-state index in [1.165, 1.54) is 49.7 Å². The van der Waals surface area contributed by atoms with Crippen LogP contribution in [0.25, 0.3) is 22.6 Å². The van der Waals surface area contributed by atoms with Gasteiger partial charge in [0, 0.05) is 17.3 Å². The normalized spacial score (nSPS) is 10.9. The summed E-state index contributed by atoms with van der Waals surface area (Å²) in [5, 5.41) is 7.86. The van der Waals surface area contributed by atoms with Crippen LogP contribution in [0.4, 0.5) is 0 Å². The first-order valence-electron chi connectivity index (χ1n) is 9.44. The van der Waals surface area contributed by atoms with Crippen LogP contribution in [0.1, 0.15) is 51.0 Å². The van der Waals surface area contributed by atoms with Gasteiger partial charge in [0.1, 0.15) is 0 Å². The van der Waals surface area contributed by atoms with E-state index in [4.69, 9.17) is 0 Å². The average molecular weight is 333 g/mol. The fourth-order valence-electron chi connectivity index (χ4n) is 3.25. The molecular weight excluding hydrogens is 306 g/mol. The first-order chi connectivity index (χ1) is 12.4. The number of benzene rings is 1. The Bertz CT molecular complexity index is 690. The third-order valence-electron chi connectivity index (χ3n) is 4.62. The lowest BCUT2D eigenvalue weighted by molar-refractivity contribution is 0.608. The highest BCUT2D eigenvalue weighted by Crippen LogP contribution is 2.30. The van der Waals surface area contributed by atoms with Crippen molar-refractivity contribution in [1.82, 2.24) is 15.2 Å². The van der Waals surface area contributed by atoms with Crippen molar-refractivity contribution in [2.45, 2.75) is 51.9 Å². The molecule has 0 radical (unpaired) electrons. The lowest BCUT2D eigenvalue weighted by Crippen LogP contribution is -1.93. The molecule has 3 rings (SSSR count). The number of hydrogen-bond acceptors (Lipinski definition) is 2. The summed E-state index contributed by atoms with van der Waals surface area (Å²) in [6.07, 6.45) is 10.7. The van der Waals surface area contributed by atoms with Gasteiger partial charge in [-0.15, -0.1) is 0 Å². The molecule has 2 heterocycles. The van der Waals surface area contributed by atoms with E-state index in [9.17, 15) is 0 Å². The van der Waals surface area contributed by atoms with Crippen LogP contribution in [0.2, 0.25) is 0 Å². The fourth-order valence-corrected chi connectivity index (χ4v) is 3.25. The summed E-state index contributed by atoms with van der Waals surface area (Å²) >= 11 is 0. The molecule has 25 heavy (non-hydrogen) atoms. The smallest absolute Gasteiger partial charge is 0.0959 e. The summed E-state index contributed by atoms with van der Waals surface area (Å²) in [5.74, 6) is 0. The molecule has 0 aliphatic rings. The first kappa shape index (κ1) is 17.4. The molecule has 0 fully saturated rings. The first-order valence-corrected chi connectivity index (χ1v) is 9.44. The minimum atomic E-state index is 0.971. The van der Waals surface area contributed by atoms with E-state index in [1.54, 1.807) is 0 Å². The molecule has 0 bridgehead atoms. The number of H-pyrrole nitrogens is 1. The Morgan fingerprint density at radius 3 is 2.36 bits per heavy atom. The topological polar surface area (TPSA) is 41.6 Å². The number of aromatic nitrogens is 3. The van der Waals surface area contributed by atoms with E-state index < -0.39 is 0 Å². The summed E-state index contributed by atoms with van der Waals surface area (Å²) in [7, 11) is 0. The van der Waals surface area contributed by atoms with Crippen molar-refractivity contribution in [1.29, 1.82) is 0 Å². The SMILES string of the molecule is CCCCCCCCc1c(-c2ccccc2)n[nH]c1-c1ccccn1. The fraction of sp³-hybridized carbons (Fsp3) is 0.364. The molecule has 2 aromatic heterocycles. The van der Waals surface area contributed by atoms with Crippen LogP contribution in [0.3, 0.4) is 0 Å². The third kappa shape index (κ3) is 4.56. The van der Waals surface area contributed by atoms with Gasteiger partial charge < -0.3 is 0 Å². The van der Waals surface area contributed by atoms with E-state index in [2.05, 4.69) is 46.4 Å². The number of pyridine rings is 1. The summed E-state index contributed by atoms with van der Waals surface area (Å²) in [5.41, 5.74) is 5.56. The number of aromatic amines is 1. The maximum Gasteiger partial charge on any atom is 0.0959 e. The van der Waals surface area contributed by atoms with Crippen molar-refractivity contribution in [2.24, 2.45) is 0 Å². The van der Waals surface area contributed by atoms with Crippen molar-refractivity contribution >= 4 is 0 Å². The maximum atomic E-state index is 4.63. The van der Waals surface area contributed by atoms with Gasteiger partial charge in [0.05, 0.1) is 17.1 Å². The molecule has 0 unspecified atom stereocenters. The monoisotopic (exact) mass is 333 g/mol. The number of rotatable bonds is 9. The molecule has 0 spiro atoms. The number of hydrogen-bond donors (Lipinski definition) is 1. The minimum Gasteiger partial charge on any atom is -0.275 e. The molecule has 3 aromatic rings. The molecule has 0 aliphatic heterocycles. The van der Waals surface area contributed by atoms with E-state index in [1.807, 2.05) is 30.5 Å². The van der Waals surface area contributed by atoms with Crippen molar-refractivity contribution < 1.29 is 0 Å². The van der Waals surface area contributed by atoms with Gasteiger partial charge >= 0.3 is 0 Å². The number of nitrogens with one attached hydrogen (secondary N) is 1.